The van der Waals surface area contributed by atoms with Gasteiger partial charge < -0.3 is 41.4 Å². The highest BCUT2D eigenvalue weighted by molar-refractivity contribution is 5.24. The van der Waals surface area contributed by atoms with Gasteiger partial charge in [-0.3, -0.25) is 9.13 Å². The van der Waals surface area contributed by atoms with Gasteiger partial charge in [-0.05, 0) is 12.1 Å². The number of nitrogens with zero attached hydrogens (tertiary/aromatic N) is 4. The van der Waals surface area contributed by atoms with E-state index in [1.807, 2.05) is 0 Å². The number of nitrogens with two attached hydrogens (primary N) is 2. The third kappa shape index (κ3) is 5.29. The van der Waals surface area contributed by atoms with Crippen LogP contribution in [-0.2, 0) is 9.47 Å². The quantitative estimate of drug-likeness (QED) is 0.271. The van der Waals surface area contributed by atoms with Crippen molar-refractivity contribution in [2.24, 2.45) is 0 Å². The summed E-state index contributed by atoms with van der Waals surface area (Å²) >= 11 is 0. The molecule has 6 atom stereocenters. The first-order valence-corrected chi connectivity index (χ1v) is 9.81. The minimum atomic E-state index is -0.778. The molecule has 8 N–H and O–H groups in total. The number of aromatic nitrogens is 4. The number of anilines is 2. The van der Waals surface area contributed by atoms with Crippen molar-refractivity contribution in [3.8, 4) is 0 Å². The molecule has 4 rings (SSSR count). The van der Waals surface area contributed by atoms with Crippen molar-refractivity contribution in [3.63, 3.8) is 0 Å². The van der Waals surface area contributed by atoms with Crippen molar-refractivity contribution in [1.29, 1.82) is 0 Å². The molecule has 0 unspecified atom stereocenters. The average Bonchev–Trinajstić information content (AvgIpc) is 3.30. The lowest BCUT2D eigenvalue weighted by Gasteiger charge is -2.13. The summed E-state index contributed by atoms with van der Waals surface area (Å²) < 4.78 is 13.1. The lowest BCUT2D eigenvalue weighted by molar-refractivity contribution is -0.0458. The van der Waals surface area contributed by atoms with Gasteiger partial charge in [0.15, 0.2) is 0 Å². The fourth-order valence-corrected chi connectivity index (χ4v) is 3.39. The van der Waals surface area contributed by atoms with Crippen LogP contribution in [0.3, 0.4) is 0 Å². The molecule has 2 aromatic heterocycles. The number of ether oxygens (including phenoxy) is 2. The van der Waals surface area contributed by atoms with E-state index >= 15 is 0 Å². The van der Waals surface area contributed by atoms with Crippen molar-refractivity contribution in [2.45, 2.75) is 49.7 Å². The highest BCUT2D eigenvalue weighted by Crippen LogP contribution is 2.28. The molecular weight excluding hydrogens is 428 g/mol. The Bertz CT molecular complexity index is 948. The number of hydrogen-bond acceptors (Lipinski definition) is 12. The van der Waals surface area contributed by atoms with E-state index in [0.29, 0.717) is 0 Å². The maximum Gasteiger partial charge on any atom is 0.351 e. The molecule has 0 aromatic carbocycles. The van der Waals surface area contributed by atoms with Crippen LogP contribution >= 0.6 is 0 Å². The number of hydrogen-bond donors (Lipinski definition) is 6. The van der Waals surface area contributed by atoms with Crippen LogP contribution in [0.5, 0.6) is 0 Å². The summed E-state index contributed by atoms with van der Waals surface area (Å²) in [6.45, 7) is -0.566. The van der Waals surface area contributed by atoms with Crippen LogP contribution in [-0.4, -0.2) is 77.2 Å². The monoisotopic (exact) mass is 454 g/mol. The first-order chi connectivity index (χ1) is 15.2. The Morgan fingerprint density at radius 3 is 1.50 bits per heavy atom. The Kier molecular flexibility index (Phi) is 7.55. The molecule has 0 aliphatic carbocycles. The minimum absolute atomic E-state index is 0.138. The van der Waals surface area contributed by atoms with Crippen molar-refractivity contribution >= 4 is 11.6 Å². The van der Waals surface area contributed by atoms with Crippen LogP contribution in [0.1, 0.15) is 25.3 Å². The zero-order chi connectivity index (χ0) is 23.4. The van der Waals surface area contributed by atoms with E-state index in [0.717, 1.165) is 0 Å². The van der Waals surface area contributed by atoms with E-state index in [9.17, 15) is 19.8 Å². The van der Waals surface area contributed by atoms with E-state index in [4.69, 9.17) is 31.2 Å². The second kappa shape index (κ2) is 10.2. The van der Waals surface area contributed by atoms with Crippen LogP contribution in [0.4, 0.5) is 11.6 Å². The third-order valence-corrected chi connectivity index (χ3v) is 5.09. The van der Waals surface area contributed by atoms with Crippen molar-refractivity contribution in [3.05, 3.63) is 45.5 Å². The molecular formula is C18H26N6O8. The number of aliphatic hydroxyl groups is 4. The molecule has 2 aromatic rings. The Labute approximate surface area is 181 Å². The molecule has 2 aliphatic heterocycles. The first-order valence-electron chi connectivity index (χ1n) is 9.81. The molecule has 0 saturated carbocycles. The largest absolute Gasteiger partial charge is 0.394 e. The summed E-state index contributed by atoms with van der Waals surface area (Å²) in [6.07, 6.45) is -0.666. The summed E-state index contributed by atoms with van der Waals surface area (Å²) in [5, 5.41) is 36.9. The fraction of sp³-hybridized carbons (Fsp3) is 0.556. The molecule has 32 heavy (non-hydrogen) atoms. The second-order valence-electron chi connectivity index (χ2n) is 7.31. The Balaban J connectivity index is 0.000000181. The molecule has 0 amide bonds. The van der Waals surface area contributed by atoms with Crippen LogP contribution in [0, 0.1) is 0 Å². The topological polar surface area (TPSA) is 221 Å². The van der Waals surface area contributed by atoms with Crippen molar-refractivity contribution in [2.75, 3.05) is 24.7 Å². The molecule has 0 radical (unpaired) electrons. The zero-order valence-corrected chi connectivity index (χ0v) is 17.0. The van der Waals surface area contributed by atoms with Crippen molar-refractivity contribution in [1.82, 2.24) is 19.1 Å². The van der Waals surface area contributed by atoms with Gasteiger partial charge in [-0.25, -0.2) is 9.59 Å². The van der Waals surface area contributed by atoms with E-state index in [-0.39, 0.29) is 37.7 Å². The first kappa shape index (κ1) is 23.8. The summed E-state index contributed by atoms with van der Waals surface area (Å²) in [5.41, 5.74) is 9.64. The molecule has 4 heterocycles. The lowest BCUT2D eigenvalue weighted by atomic mass is 10.2. The number of nitrogen functional groups attached to an aromatic ring is 2. The Hall–Kier alpha value is -2.88. The Morgan fingerprint density at radius 1 is 0.844 bits per heavy atom. The Morgan fingerprint density at radius 2 is 1.22 bits per heavy atom. The normalized spacial score (nSPS) is 29.5. The van der Waals surface area contributed by atoms with Gasteiger partial charge in [0.1, 0.15) is 36.3 Å². The summed E-state index contributed by atoms with van der Waals surface area (Å²) in [5.74, 6) is 0.275. The van der Waals surface area contributed by atoms with Crippen LogP contribution in [0.15, 0.2) is 34.1 Å². The van der Waals surface area contributed by atoms with Gasteiger partial charge in [-0.2, -0.15) is 9.97 Å². The fourth-order valence-electron chi connectivity index (χ4n) is 3.39. The van der Waals surface area contributed by atoms with E-state index in [1.54, 1.807) is 0 Å². The smallest absolute Gasteiger partial charge is 0.351 e. The predicted molar refractivity (Wildman–Crippen MR) is 109 cm³/mol. The second-order valence-corrected chi connectivity index (χ2v) is 7.31. The molecule has 2 aliphatic rings. The van der Waals surface area contributed by atoms with E-state index < -0.39 is 48.3 Å². The van der Waals surface area contributed by atoms with Gasteiger partial charge in [0.25, 0.3) is 0 Å². The van der Waals surface area contributed by atoms with Crippen molar-refractivity contribution < 1.29 is 29.9 Å². The molecule has 14 nitrogen and oxygen atoms in total. The maximum absolute atomic E-state index is 11.5. The van der Waals surface area contributed by atoms with Gasteiger partial charge in [0.2, 0.25) is 0 Å². The standard InChI is InChI=1S/2C9H13N3O4/c2*10-7-1-2-12(9(15)11-7)8-3-5(14)6(4-13)16-8/h2*1-2,5-6,8,13-14H,3-4H2,(H2,10,11,15)/t2*5-,6+,8+/m00/s1. The number of aliphatic hydroxyl groups excluding tert-OH is 4. The van der Waals surface area contributed by atoms with Gasteiger partial charge in [0.05, 0.1) is 25.4 Å². The minimum Gasteiger partial charge on any atom is -0.394 e. The molecule has 0 spiro atoms. The summed E-state index contributed by atoms with van der Waals surface area (Å²) in [4.78, 5) is 30.1. The van der Waals surface area contributed by atoms with Gasteiger partial charge in [0, 0.05) is 25.2 Å². The molecule has 176 valence electrons. The lowest BCUT2D eigenvalue weighted by Crippen LogP contribution is -2.27. The van der Waals surface area contributed by atoms with Gasteiger partial charge in [-0.1, -0.05) is 0 Å². The zero-order valence-electron chi connectivity index (χ0n) is 17.0. The van der Waals surface area contributed by atoms with Crippen LogP contribution < -0.4 is 22.8 Å². The SMILES string of the molecule is Nc1ccn([C@H]2C[C@H](O)[C@@H](CO)O2)c(=O)n1.Nc1ccn([C@H]2C[C@H](O)[C@@H](CO)O2)c(=O)n1. The average molecular weight is 454 g/mol. The highest BCUT2D eigenvalue weighted by Gasteiger charge is 2.35. The van der Waals surface area contributed by atoms with Crippen LogP contribution in [0.25, 0.3) is 0 Å². The molecule has 2 saturated heterocycles. The van der Waals surface area contributed by atoms with E-state index in [2.05, 4.69) is 9.97 Å². The van der Waals surface area contributed by atoms with Gasteiger partial charge >= 0.3 is 11.4 Å². The molecule has 14 heteroatoms. The van der Waals surface area contributed by atoms with E-state index in [1.165, 1.54) is 33.7 Å². The maximum atomic E-state index is 11.5. The highest BCUT2D eigenvalue weighted by atomic mass is 16.5. The van der Waals surface area contributed by atoms with Gasteiger partial charge in [-0.15, -0.1) is 0 Å². The molecule has 2 fully saturated rings. The van der Waals surface area contributed by atoms with Crippen LogP contribution in [0.2, 0.25) is 0 Å². The number of rotatable bonds is 4. The molecule has 0 bridgehead atoms. The third-order valence-electron chi connectivity index (χ3n) is 5.09. The predicted octanol–water partition coefficient (Wildman–Crippen LogP) is -3.07. The summed E-state index contributed by atoms with van der Waals surface area (Å²) in [6, 6.07) is 2.95. The summed E-state index contributed by atoms with van der Waals surface area (Å²) in [7, 11) is 0.